The van der Waals surface area contributed by atoms with E-state index in [2.05, 4.69) is 20.3 Å². The topological polar surface area (TPSA) is 67.8 Å². The van der Waals surface area contributed by atoms with Gasteiger partial charge < -0.3 is 5.32 Å². The van der Waals surface area contributed by atoms with Gasteiger partial charge in [0.2, 0.25) is 0 Å². The predicted molar refractivity (Wildman–Crippen MR) is 59.2 cm³/mol. The van der Waals surface area contributed by atoms with E-state index in [1.54, 1.807) is 6.07 Å². The molecule has 2 aromatic heterocycles. The summed E-state index contributed by atoms with van der Waals surface area (Å²) in [7, 11) is 0. The molecule has 0 bridgehead atoms. The number of hydrogen-bond donors (Lipinski definition) is 1. The normalized spacial score (nSPS) is 9.81. The number of carbonyl (C=O) groups excluding carboxylic acids is 1. The first kappa shape index (κ1) is 10.5. The molecule has 2 rings (SSSR count). The van der Waals surface area contributed by atoms with Crippen LogP contribution in [0.4, 0.5) is 5.82 Å². The molecule has 0 spiro atoms. The highest BCUT2D eigenvalue weighted by atomic mass is 35.5. The van der Waals surface area contributed by atoms with Gasteiger partial charge in [0, 0.05) is 23.6 Å². The van der Waals surface area contributed by atoms with Crippen LogP contribution in [0.5, 0.6) is 0 Å². The fraction of sp³-hybridized carbons (Fsp3) is 0. The Kier molecular flexibility index (Phi) is 3.07. The Labute approximate surface area is 96.5 Å². The molecule has 0 radical (unpaired) electrons. The molecule has 5 nitrogen and oxygen atoms in total. The molecule has 0 aliphatic rings. The molecule has 1 amide bonds. The number of nitrogens with one attached hydrogen (secondary N) is 1. The fourth-order valence-corrected chi connectivity index (χ4v) is 1.23. The predicted octanol–water partition coefficient (Wildman–Crippen LogP) is 1.78. The number of pyridine rings is 1. The van der Waals surface area contributed by atoms with E-state index >= 15 is 0 Å². The van der Waals surface area contributed by atoms with Crippen LogP contribution in [0.25, 0.3) is 0 Å². The van der Waals surface area contributed by atoms with Crippen LogP contribution in [0.15, 0.2) is 36.9 Å². The molecule has 0 unspecified atom stereocenters. The second kappa shape index (κ2) is 4.67. The molecule has 16 heavy (non-hydrogen) atoms. The van der Waals surface area contributed by atoms with Gasteiger partial charge in [-0.25, -0.2) is 4.98 Å². The van der Waals surface area contributed by atoms with E-state index in [-0.39, 0.29) is 11.6 Å². The first-order valence-corrected chi connectivity index (χ1v) is 4.82. The van der Waals surface area contributed by atoms with E-state index in [9.17, 15) is 4.79 Å². The fourth-order valence-electron chi connectivity index (χ4n) is 1.07. The highest BCUT2D eigenvalue weighted by molar-refractivity contribution is 6.30. The molecule has 6 heteroatoms. The molecule has 1 N–H and O–H groups in total. The minimum atomic E-state index is -0.372. The molecular weight excluding hydrogens is 228 g/mol. The summed E-state index contributed by atoms with van der Waals surface area (Å²) in [6, 6.07) is 3.08. The summed E-state index contributed by atoms with van der Waals surface area (Å²) in [5.74, 6) is -0.00252. The van der Waals surface area contributed by atoms with Crippen molar-refractivity contribution in [3.05, 3.63) is 47.6 Å². The Morgan fingerprint density at radius 3 is 2.81 bits per heavy atom. The van der Waals surface area contributed by atoms with Crippen LogP contribution in [-0.2, 0) is 0 Å². The van der Waals surface area contributed by atoms with E-state index in [0.29, 0.717) is 10.8 Å². The van der Waals surface area contributed by atoms with Crippen molar-refractivity contribution in [1.29, 1.82) is 0 Å². The summed E-state index contributed by atoms with van der Waals surface area (Å²) in [6.45, 7) is 0. The van der Waals surface area contributed by atoms with Crippen LogP contribution in [0.3, 0.4) is 0 Å². The molecule has 2 aromatic rings. The van der Waals surface area contributed by atoms with Crippen LogP contribution in [0.2, 0.25) is 5.02 Å². The van der Waals surface area contributed by atoms with Crippen LogP contribution in [-0.4, -0.2) is 20.9 Å². The molecule has 0 saturated heterocycles. The quantitative estimate of drug-likeness (QED) is 0.860. The maximum Gasteiger partial charge on any atom is 0.275 e. The Morgan fingerprint density at radius 1 is 1.25 bits per heavy atom. The summed E-state index contributed by atoms with van der Waals surface area (Å²) < 4.78 is 0. The molecule has 0 aromatic carbocycles. The number of anilines is 1. The molecule has 80 valence electrons. The SMILES string of the molecule is O=C(Nc1cnccn1)c1cc(Cl)ccn1. The molecule has 0 saturated carbocycles. The number of rotatable bonds is 2. The van der Waals surface area contributed by atoms with Crippen molar-refractivity contribution in [3.8, 4) is 0 Å². The zero-order valence-electron chi connectivity index (χ0n) is 8.09. The number of hydrogen-bond acceptors (Lipinski definition) is 4. The summed E-state index contributed by atoms with van der Waals surface area (Å²) in [5.41, 5.74) is 0.234. The van der Waals surface area contributed by atoms with Gasteiger partial charge in [-0.2, -0.15) is 0 Å². The number of carbonyl (C=O) groups is 1. The van der Waals surface area contributed by atoms with Gasteiger partial charge in [-0.1, -0.05) is 11.6 Å². The zero-order chi connectivity index (χ0) is 11.4. The Bertz CT molecular complexity index is 503. The van der Waals surface area contributed by atoms with E-state index < -0.39 is 0 Å². The molecule has 0 aliphatic heterocycles. The van der Waals surface area contributed by atoms with Crippen molar-refractivity contribution in [3.63, 3.8) is 0 Å². The Balaban J connectivity index is 2.15. The van der Waals surface area contributed by atoms with Crippen molar-refractivity contribution in [1.82, 2.24) is 15.0 Å². The first-order chi connectivity index (χ1) is 7.75. The molecular formula is C10H7ClN4O. The van der Waals surface area contributed by atoms with Gasteiger partial charge in [0.05, 0.1) is 6.20 Å². The van der Waals surface area contributed by atoms with E-state index in [0.717, 1.165) is 0 Å². The van der Waals surface area contributed by atoms with Crippen LogP contribution in [0, 0.1) is 0 Å². The third kappa shape index (κ3) is 2.52. The molecule has 0 aliphatic carbocycles. The average molecular weight is 235 g/mol. The highest BCUT2D eigenvalue weighted by Gasteiger charge is 2.08. The van der Waals surface area contributed by atoms with Crippen LogP contribution in [0.1, 0.15) is 10.5 Å². The van der Waals surface area contributed by atoms with Gasteiger partial charge in [0.25, 0.3) is 5.91 Å². The van der Waals surface area contributed by atoms with Crippen LogP contribution < -0.4 is 5.32 Å². The van der Waals surface area contributed by atoms with Gasteiger partial charge in [0.15, 0.2) is 5.82 Å². The standard InChI is InChI=1S/C10H7ClN4O/c11-7-1-2-13-8(5-7)10(16)15-9-6-12-3-4-14-9/h1-6H,(H,14,15,16). The second-order valence-electron chi connectivity index (χ2n) is 2.90. The summed E-state index contributed by atoms with van der Waals surface area (Å²) >= 11 is 5.74. The minimum Gasteiger partial charge on any atom is -0.304 e. The number of amides is 1. The second-order valence-corrected chi connectivity index (χ2v) is 3.34. The summed E-state index contributed by atoms with van der Waals surface area (Å²) in [4.78, 5) is 23.3. The van der Waals surface area contributed by atoms with Crippen LogP contribution >= 0.6 is 11.6 Å². The van der Waals surface area contributed by atoms with E-state index in [1.807, 2.05) is 0 Å². The van der Waals surface area contributed by atoms with Crippen molar-refractivity contribution in [2.24, 2.45) is 0 Å². The average Bonchev–Trinajstić information content (AvgIpc) is 2.30. The third-order valence-corrected chi connectivity index (χ3v) is 1.99. The highest BCUT2D eigenvalue weighted by Crippen LogP contribution is 2.09. The summed E-state index contributed by atoms with van der Waals surface area (Å²) in [6.07, 6.45) is 5.92. The largest absolute Gasteiger partial charge is 0.304 e. The monoisotopic (exact) mass is 234 g/mol. The smallest absolute Gasteiger partial charge is 0.275 e. The van der Waals surface area contributed by atoms with Gasteiger partial charge in [0.1, 0.15) is 5.69 Å². The van der Waals surface area contributed by atoms with Gasteiger partial charge >= 0.3 is 0 Å². The van der Waals surface area contributed by atoms with Crippen molar-refractivity contribution in [2.45, 2.75) is 0 Å². The lowest BCUT2D eigenvalue weighted by atomic mass is 10.3. The lowest BCUT2D eigenvalue weighted by Crippen LogP contribution is -2.14. The number of nitrogens with zero attached hydrogens (tertiary/aromatic N) is 3. The van der Waals surface area contributed by atoms with E-state index in [4.69, 9.17) is 11.6 Å². The van der Waals surface area contributed by atoms with Crippen molar-refractivity contribution in [2.75, 3.05) is 5.32 Å². The zero-order valence-corrected chi connectivity index (χ0v) is 8.85. The van der Waals surface area contributed by atoms with Gasteiger partial charge in [-0.3, -0.25) is 14.8 Å². The number of aromatic nitrogens is 3. The van der Waals surface area contributed by atoms with Crippen molar-refractivity contribution < 1.29 is 4.79 Å². The molecule has 0 fully saturated rings. The maximum absolute atomic E-state index is 11.7. The Morgan fingerprint density at radius 2 is 2.12 bits per heavy atom. The minimum absolute atomic E-state index is 0.234. The van der Waals surface area contributed by atoms with Gasteiger partial charge in [-0.15, -0.1) is 0 Å². The third-order valence-electron chi connectivity index (χ3n) is 1.76. The maximum atomic E-state index is 11.7. The van der Waals surface area contributed by atoms with E-state index in [1.165, 1.54) is 30.9 Å². The Hall–Kier alpha value is -2.01. The first-order valence-electron chi connectivity index (χ1n) is 4.44. The van der Waals surface area contributed by atoms with Gasteiger partial charge in [-0.05, 0) is 12.1 Å². The molecule has 0 atom stereocenters. The lowest BCUT2D eigenvalue weighted by Gasteiger charge is -2.02. The lowest BCUT2D eigenvalue weighted by molar-refractivity contribution is 0.102. The molecule has 2 heterocycles. The number of halogens is 1. The van der Waals surface area contributed by atoms with Crippen molar-refractivity contribution >= 4 is 23.3 Å². The summed E-state index contributed by atoms with van der Waals surface area (Å²) in [5, 5.41) is 3.01.